The molecule has 0 aliphatic carbocycles. The number of ether oxygens (including phenoxy) is 1. The highest BCUT2D eigenvalue weighted by Crippen LogP contribution is 2.22. The summed E-state index contributed by atoms with van der Waals surface area (Å²) in [5.41, 5.74) is 0.908. The number of nitrogens with one attached hydrogen (secondary N) is 2. The summed E-state index contributed by atoms with van der Waals surface area (Å²) < 4.78 is 4.72. The van der Waals surface area contributed by atoms with Crippen LogP contribution in [0.15, 0.2) is 29.2 Å². The van der Waals surface area contributed by atoms with Crippen molar-refractivity contribution < 1.29 is 14.3 Å². The van der Waals surface area contributed by atoms with E-state index in [9.17, 15) is 9.59 Å². The number of thioether (sulfide) groups is 1. The average Bonchev–Trinajstić information content (AvgIpc) is 2.54. The first kappa shape index (κ1) is 21.8. The molecule has 1 unspecified atom stereocenters. The van der Waals surface area contributed by atoms with Crippen molar-refractivity contribution in [3.05, 3.63) is 29.8 Å². The first-order chi connectivity index (χ1) is 10.6. The van der Waals surface area contributed by atoms with Crippen molar-refractivity contribution in [1.82, 2.24) is 10.6 Å². The molecule has 130 valence electrons. The van der Waals surface area contributed by atoms with E-state index < -0.39 is 0 Å². The number of carbonyl (C=O) groups excluding carboxylic acids is 2. The van der Waals surface area contributed by atoms with Gasteiger partial charge in [-0.15, -0.1) is 24.2 Å². The maximum atomic E-state index is 12.0. The van der Waals surface area contributed by atoms with Crippen molar-refractivity contribution in [2.24, 2.45) is 0 Å². The first-order valence-corrected chi connectivity index (χ1v) is 8.48. The van der Waals surface area contributed by atoms with Gasteiger partial charge >= 0.3 is 5.97 Å². The number of hydrogen-bond donors (Lipinski definition) is 2. The van der Waals surface area contributed by atoms with Gasteiger partial charge in [0.2, 0.25) is 5.91 Å². The monoisotopic (exact) mass is 360 g/mol. The lowest BCUT2D eigenvalue weighted by Crippen LogP contribution is -2.30. The van der Waals surface area contributed by atoms with Gasteiger partial charge in [-0.05, 0) is 44.0 Å². The summed E-state index contributed by atoms with van der Waals surface area (Å²) in [7, 11) is 3.20. The molecule has 1 atom stereocenters. The number of rotatable bonds is 9. The van der Waals surface area contributed by atoms with Gasteiger partial charge in [0.25, 0.3) is 0 Å². The van der Waals surface area contributed by atoms with Crippen LogP contribution in [0.3, 0.4) is 0 Å². The smallest absolute Gasteiger partial charge is 0.307 e. The second-order valence-electron chi connectivity index (χ2n) is 4.88. The summed E-state index contributed by atoms with van der Waals surface area (Å²) >= 11 is 1.65. The van der Waals surface area contributed by atoms with Crippen LogP contribution in [-0.2, 0) is 14.3 Å². The molecule has 0 saturated carbocycles. The molecule has 0 aromatic heterocycles. The Morgan fingerprint density at radius 1 is 1.26 bits per heavy atom. The van der Waals surface area contributed by atoms with Crippen molar-refractivity contribution in [2.45, 2.75) is 30.2 Å². The Balaban J connectivity index is 0.00000484. The van der Waals surface area contributed by atoms with Crippen LogP contribution in [0.5, 0.6) is 0 Å². The van der Waals surface area contributed by atoms with Crippen molar-refractivity contribution >= 4 is 36.0 Å². The van der Waals surface area contributed by atoms with E-state index in [2.05, 4.69) is 10.6 Å². The second kappa shape index (κ2) is 12.2. The number of carbonyl (C=O) groups is 2. The van der Waals surface area contributed by atoms with Crippen LogP contribution < -0.4 is 10.6 Å². The minimum absolute atomic E-state index is 0. The molecule has 5 nitrogen and oxygen atoms in total. The summed E-state index contributed by atoms with van der Waals surface area (Å²) in [6.45, 7) is 0.789. The molecule has 0 bridgehead atoms. The van der Waals surface area contributed by atoms with Crippen LogP contribution in [0.25, 0.3) is 0 Å². The maximum Gasteiger partial charge on any atom is 0.307 e. The third-order valence-electron chi connectivity index (χ3n) is 3.28. The van der Waals surface area contributed by atoms with E-state index >= 15 is 0 Å². The largest absolute Gasteiger partial charge is 0.469 e. The standard InChI is InChI=1S/C16H24N2O3S.ClH/c1-17-10-4-5-15(19)18-14(11-16(20)21-2)12-6-8-13(22-3)9-7-12;/h6-9,14,17H,4-5,10-11H2,1-3H3,(H,18,19);1H. The van der Waals surface area contributed by atoms with Crippen molar-refractivity contribution in [3.63, 3.8) is 0 Å². The number of amides is 1. The lowest BCUT2D eigenvalue weighted by atomic mass is 10.0. The van der Waals surface area contributed by atoms with Gasteiger partial charge in [-0.25, -0.2) is 0 Å². The summed E-state index contributed by atoms with van der Waals surface area (Å²) in [5, 5.41) is 5.93. The van der Waals surface area contributed by atoms with Crippen LogP contribution in [-0.4, -0.2) is 38.8 Å². The normalized spacial score (nSPS) is 11.3. The number of halogens is 1. The fourth-order valence-corrected chi connectivity index (χ4v) is 2.44. The third kappa shape index (κ3) is 8.25. The quantitative estimate of drug-likeness (QED) is 0.402. The Bertz CT molecular complexity index is 483. The van der Waals surface area contributed by atoms with Gasteiger partial charge in [-0.3, -0.25) is 9.59 Å². The predicted octanol–water partition coefficient (Wildman–Crippen LogP) is 2.55. The molecule has 0 aliphatic rings. The lowest BCUT2D eigenvalue weighted by Gasteiger charge is -2.18. The van der Waals surface area contributed by atoms with Gasteiger partial charge in [0, 0.05) is 11.3 Å². The van der Waals surface area contributed by atoms with E-state index in [0.717, 1.165) is 23.4 Å². The summed E-state index contributed by atoms with van der Waals surface area (Å²) in [6, 6.07) is 7.49. The summed E-state index contributed by atoms with van der Waals surface area (Å²) in [6.07, 6.45) is 3.33. The molecule has 0 heterocycles. The van der Waals surface area contributed by atoms with Crippen molar-refractivity contribution in [3.8, 4) is 0 Å². The SMILES string of the molecule is CNCCCC(=O)NC(CC(=O)OC)c1ccc(SC)cc1.Cl. The van der Waals surface area contributed by atoms with Crippen LogP contribution in [0.1, 0.15) is 30.9 Å². The van der Waals surface area contributed by atoms with E-state index in [1.165, 1.54) is 7.11 Å². The molecule has 0 aliphatic heterocycles. The number of hydrogen-bond acceptors (Lipinski definition) is 5. The molecule has 0 fully saturated rings. The predicted molar refractivity (Wildman–Crippen MR) is 96.1 cm³/mol. The Hall–Kier alpha value is -1.24. The van der Waals surface area contributed by atoms with Crippen molar-refractivity contribution in [2.75, 3.05) is 27.0 Å². The Morgan fingerprint density at radius 2 is 1.91 bits per heavy atom. The molecule has 0 saturated heterocycles. The van der Waals surface area contributed by atoms with Crippen LogP contribution in [0.2, 0.25) is 0 Å². The molecular weight excluding hydrogens is 336 g/mol. The van der Waals surface area contributed by atoms with E-state index in [0.29, 0.717) is 6.42 Å². The Labute approximate surface area is 148 Å². The van der Waals surface area contributed by atoms with E-state index in [-0.39, 0.29) is 36.7 Å². The lowest BCUT2D eigenvalue weighted by molar-refractivity contribution is -0.141. The second-order valence-corrected chi connectivity index (χ2v) is 5.76. The number of esters is 1. The van der Waals surface area contributed by atoms with Crippen LogP contribution >= 0.6 is 24.2 Å². The number of methoxy groups -OCH3 is 1. The van der Waals surface area contributed by atoms with E-state index in [1.807, 2.05) is 37.6 Å². The minimum atomic E-state index is -0.356. The minimum Gasteiger partial charge on any atom is -0.469 e. The van der Waals surface area contributed by atoms with Crippen LogP contribution in [0.4, 0.5) is 0 Å². The molecular formula is C16H25ClN2O3S. The highest BCUT2D eigenvalue weighted by Gasteiger charge is 2.18. The fraction of sp³-hybridized carbons (Fsp3) is 0.500. The molecule has 1 rings (SSSR count). The molecule has 0 spiro atoms. The van der Waals surface area contributed by atoms with E-state index in [4.69, 9.17) is 4.74 Å². The van der Waals surface area contributed by atoms with Gasteiger partial charge in [-0.1, -0.05) is 12.1 Å². The molecule has 7 heteroatoms. The van der Waals surface area contributed by atoms with Gasteiger partial charge in [0.15, 0.2) is 0 Å². The molecule has 1 aromatic carbocycles. The number of benzene rings is 1. The third-order valence-corrected chi connectivity index (χ3v) is 4.03. The average molecular weight is 361 g/mol. The van der Waals surface area contributed by atoms with Gasteiger partial charge < -0.3 is 15.4 Å². The highest BCUT2D eigenvalue weighted by molar-refractivity contribution is 7.98. The van der Waals surface area contributed by atoms with Gasteiger partial charge in [-0.2, -0.15) is 0 Å². The van der Waals surface area contributed by atoms with Gasteiger partial charge in [0.1, 0.15) is 0 Å². The fourth-order valence-electron chi connectivity index (χ4n) is 2.03. The zero-order chi connectivity index (χ0) is 16.4. The molecule has 0 radical (unpaired) electrons. The maximum absolute atomic E-state index is 12.0. The Kier molecular flexibility index (Phi) is 11.6. The molecule has 1 amide bonds. The summed E-state index contributed by atoms with van der Waals surface area (Å²) in [4.78, 5) is 24.7. The van der Waals surface area contributed by atoms with Crippen molar-refractivity contribution in [1.29, 1.82) is 0 Å². The first-order valence-electron chi connectivity index (χ1n) is 7.25. The van der Waals surface area contributed by atoms with Gasteiger partial charge in [0.05, 0.1) is 19.6 Å². The Morgan fingerprint density at radius 3 is 2.43 bits per heavy atom. The van der Waals surface area contributed by atoms with Crippen LogP contribution in [0, 0.1) is 0 Å². The highest BCUT2D eigenvalue weighted by atomic mass is 35.5. The topological polar surface area (TPSA) is 67.4 Å². The zero-order valence-electron chi connectivity index (χ0n) is 13.8. The summed E-state index contributed by atoms with van der Waals surface area (Å²) in [5.74, 6) is -0.396. The zero-order valence-corrected chi connectivity index (χ0v) is 15.4. The van der Waals surface area contributed by atoms with E-state index in [1.54, 1.807) is 11.8 Å². The molecule has 23 heavy (non-hydrogen) atoms. The molecule has 2 N–H and O–H groups in total. The molecule has 1 aromatic rings.